The van der Waals surface area contributed by atoms with E-state index in [1.54, 1.807) is 0 Å². The van der Waals surface area contributed by atoms with Crippen LogP contribution in [-0.2, 0) is 4.79 Å². The molecule has 2 rings (SSSR count). The zero-order valence-electron chi connectivity index (χ0n) is 13.8. The Bertz CT molecular complexity index is 474. The normalized spacial score (nSPS) is 18.3. The quantitative estimate of drug-likeness (QED) is 0.787. The molecule has 1 N–H and O–H groups in total. The van der Waals surface area contributed by atoms with Crippen LogP contribution in [0.15, 0.2) is 24.3 Å². The summed E-state index contributed by atoms with van der Waals surface area (Å²) >= 11 is 0. The first-order valence-electron chi connectivity index (χ1n) is 8.31. The molecule has 1 saturated heterocycles. The van der Waals surface area contributed by atoms with Gasteiger partial charge in [-0.2, -0.15) is 0 Å². The predicted molar refractivity (Wildman–Crippen MR) is 89.1 cm³/mol. The van der Waals surface area contributed by atoms with Crippen LogP contribution in [0.5, 0.6) is 5.75 Å². The van der Waals surface area contributed by atoms with Gasteiger partial charge in [0.25, 0.3) is 0 Å². The fourth-order valence-corrected chi connectivity index (χ4v) is 3.03. The Morgan fingerprint density at radius 3 is 3.00 bits per heavy atom. The van der Waals surface area contributed by atoms with Crippen LogP contribution in [-0.4, -0.2) is 44.1 Å². The third-order valence-electron chi connectivity index (χ3n) is 4.25. The number of para-hydroxylation sites is 1. The second-order valence-electron chi connectivity index (χ2n) is 6.12. The number of piperidine rings is 1. The molecule has 0 saturated carbocycles. The lowest BCUT2D eigenvalue weighted by atomic mass is 9.97. The standard InChI is InChI=1S/C18H28N2O2/c1-15-7-3-4-9-17(15)22-12-6-10-18(21)20-11-5-8-16(14-20)13-19-2/h3-4,7,9,16,19H,5-6,8,10-14H2,1-2H3/t16-/m1/s1. The van der Waals surface area contributed by atoms with Crippen molar-refractivity contribution in [1.29, 1.82) is 0 Å². The Kier molecular flexibility index (Phi) is 6.72. The molecule has 0 aliphatic carbocycles. The Morgan fingerprint density at radius 2 is 2.23 bits per heavy atom. The molecule has 0 aromatic heterocycles. The highest BCUT2D eigenvalue weighted by Crippen LogP contribution is 2.18. The highest BCUT2D eigenvalue weighted by atomic mass is 16.5. The van der Waals surface area contributed by atoms with Gasteiger partial charge in [0.05, 0.1) is 6.61 Å². The number of benzene rings is 1. The lowest BCUT2D eigenvalue weighted by Gasteiger charge is -2.32. The average molecular weight is 304 g/mol. The van der Waals surface area contributed by atoms with Gasteiger partial charge in [0.15, 0.2) is 0 Å². The van der Waals surface area contributed by atoms with E-state index in [0.29, 0.717) is 18.9 Å². The maximum absolute atomic E-state index is 12.3. The van der Waals surface area contributed by atoms with Crippen LogP contribution < -0.4 is 10.1 Å². The number of aryl methyl sites for hydroxylation is 1. The van der Waals surface area contributed by atoms with Crippen LogP contribution in [0.25, 0.3) is 0 Å². The molecule has 4 nitrogen and oxygen atoms in total. The van der Waals surface area contributed by atoms with Crippen molar-refractivity contribution in [2.24, 2.45) is 5.92 Å². The van der Waals surface area contributed by atoms with E-state index in [0.717, 1.165) is 43.8 Å². The lowest BCUT2D eigenvalue weighted by Crippen LogP contribution is -2.42. The summed E-state index contributed by atoms with van der Waals surface area (Å²) in [4.78, 5) is 14.3. The van der Waals surface area contributed by atoms with Crippen LogP contribution >= 0.6 is 0 Å². The van der Waals surface area contributed by atoms with Gasteiger partial charge in [-0.3, -0.25) is 4.79 Å². The molecule has 0 spiro atoms. The number of rotatable bonds is 7. The summed E-state index contributed by atoms with van der Waals surface area (Å²) < 4.78 is 5.75. The Hall–Kier alpha value is -1.55. The molecule has 1 aliphatic heterocycles. The smallest absolute Gasteiger partial charge is 0.222 e. The fraction of sp³-hybridized carbons (Fsp3) is 0.611. The van der Waals surface area contributed by atoms with E-state index >= 15 is 0 Å². The summed E-state index contributed by atoms with van der Waals surface area (Å²) in [5, 5.41) is 3.21. The number of likely N-dealkylation sites (tertiary alicyclic amines) is 1. The maximum Gasteiger partial charge on any atom is 0.222 e. The van der Waals surface area contributed by atoms with E-state index in [2.05, 4.69) is 5.32 Å². The summed E-state index contributed by atoms with van der Waals surface area (Å²) in [5.41, 5.74) is 1.14. The molecule has 0 radical (unpaired) electrons. The number of nitrogens with zero attached hydrogens (tertiary/aromatic N) is 1. The van der Waals surface area contributed by atoms with Gasteiger partial charge in [-0.15, -0.1) is 0 Å². The molecule has 4 heteroatoms. The molecule has 0 unspecified atom stereocenters. The van der Waals surface area contributed by atoms with Crippen molar-refractivity contribution < 1.29 is 9.53 Å². The van der Waals surface area contributed by atoms with Gasteiger partial charge < -0.3 is 15.0 Å². The number of carbonyl (C=O) groups is 1. The van der Waals surface area contributed by atoms with Crippen molar-refractivity contribution in [3.8, 4) is 5.75 Å². The third-order valence-corrected chi connectivity index (χ3v) is 4.25. The van der Waals surface area contributed by atoms with Gasteiger partial charge in [0, 0.05) is 19.5 Å². The van der Waals surface area contributed by atoms with Crippen LogP contribution in [0, 0.1) is 12.8 Å². The highest BCUT2D eigenvalue weighted by molar-refractivity contribution is 5.76. The summed E-state index contributed by atoms with van der Waals surface area (Å²) in [6.07, 6.45) is 3.71. The van der Waals surface area contributed by atoms with E-state index in [1.807, 2.05) is 43.1 Å². The maximum atomic E-state index is 12.3. The zero-order chi connectivity index (χ0) is 15.8. The minimum atomic E-state index is 0.272. The van der Waals surface area contributed by atoms with Crippen LogP contribution in [0.4, 0.5) is 0 Å². The fourth-order valence-electron chi connectivity index (χ4n) is 3.03. The van der Waals surface area contributed by atoms with Crippen LogP contribution in [0.2, 0.25) is 0 Å². The molecule has 1 atom stereocenters. The Labute approximate surface area is 133 Å². The Morgan fingerprint density at radius 1 is 1.41 bits per heavy atom. The number of carbonyl (C=O) groups excluding carboxylic acids is 1. The van der Waals surface area contributed by atoms with Gasteiger partial charge in [0.2, 0.25) is 5.91 Å². The van der Waals surface area contributed by atoms with Crippen molar-refractivity contribution in [1.82, 2.24) is 10.2 Å². The number of hydrogen-bond acceptors (Lipinski definition) is 3. The molecule has 22 heavy (non-hydrogen) atoms. The van der Waals surface area contributed by atoms with Crippen LogP contribution in [0.3, 0.4) is 0 Å². The second kappa shape index (κ2) is 8.79. The van der Waals surface area contributed by atoms with Gasteiger partial charge >= 0.3 is 0 Å². The molecule has 1 aromatic carbocycles. The summed E-state index contributed by atoms with van der Waals surface area (Å²) in [5.74, 6) is 1.79. The average Bonchev–Trinajstić information content (AvgIpc) is 2.53. The molecule has 122 valence electrons. The molecular formula is C18H28N2O2. The van der Waals surface area contributed by atoms with Gasteiger partial charge in [-0.25, -0.2) is 0 Å². The summed E-state index contributed by atoms with van der Waals surface area (Å²) in [7, 11) is 1.98. The van der Waals surface area contributed by atoms with Crippen molar-refractivity contribution in [2.75, 3.05) is 33.3 Å². The van der Waals surface area contributed by atoms with E-state index in [9.17, 15) is 4.79 Å². The SMILES string of the molecule is CNC[C@H]1CCCN(C(=O)CCCOc2ccccc2C)C1. The number of hydrogen-bond donors (Lipinski definition) is 1. The molecule has 0 bridgehead atoms. The first-order valence-corrected chi connectivity index (χ1v) is 8.31. The van der Waals surface area contributed by atoms with Crippen LogP contribution in [0.1, 0.15) is 31.2 Å². The number of amides is 1. The van der Waals surface area contributed by atoms with Gasteiger partial charge in [-0.05, 0) is 57.3 Å². The van der Waals surface area contributed by atoms with E-state index < -0.39 is 0 Å². The van der Waals surface area contributed by atoms with E-state index in [-0.39, 0.29) is 5.91 Å². The van der Waals surface area contributed by atoms with Crippen molar-refractivity contribution in [3.05, 3.63) is 29.8 Å². The first kappa shape index (κ1) is 16.8. The lowest BCUT2D eigenvalue weighted by molar-refractivity contribution is -0.133. The van der Waals surface area contributed by atoms with Gasteiger partial charge in [0.1, 0.15) is 5.75 Å². The summed E-state index contributed by atoms with van der Waals surface area (Å²) in [6.45, 7) is 5.46. The molecule has 1 fully saturated rings. The number of ether oxygens (including phenoxy) is 1. The zero-order valence-corrected chi connectivity index (χ0v) is 13.8. The van der Waals surface area contributed by atoms with Crippen molar-refractivity contribution in [2.45, 2.75) is 32.6 Å². The minimum Gasteiger partial charge on any atom is -0.493 e. The van der Waals surface area contributed by atoms with E-state index in [4.69, 9.17) is 4.74 Å². The Balaban J connectivity index is 1.68. The molecule has 1 aliphatic rings. The largest absolute Gasteiger partial charge is 0.493 e. The summed E-state index contributed by atoms with van der Waals surface area (Å²) in [6, 6.07) is 7.99. The van der Waals surface area contributed by atoms with Gasteiger partial charge in [-0.1, -0.05) is 18.2 Å². The first-order chi connectivity index (χ1) is 10.7. The molecule has 1 aromatic rings. The van der Waals surface area contributed by atoms with Crippen molar-refractivity contribution in [3.63, 3.8) is 0 Å². The monoisotopic (exact) mass is 304 g/mol. The molecular weight excluding hydrogens is 276 g/mol. The molecule has 1 heterocycles. The minimum absolute atomic E-state index is 0.272. The highest BCUT2D eigenvalue weighted by Gasteiger charge is 2.22. The second-order valence-corrected chi connectivity index (χ2v) is 6.12. The number of nitrogens with one attached hydrogen (secondary N) is 1. The van der Waals surface area contributed by atoms with Crippen molar-refractivity contribution >= 4 is 5.91 Å². The van der Waals surface area contributed by atoms with E-state index in [1.165, 1.54) is 6.42 Å². The third kappa shape index (κ3) is 5.02. The molecule has 1 amide bonds. The topological polar surface area (TPSA) is 41.6 Å². The predicted octanol–water partition coefficient (Wildman–Crippen LogP) is 2.61.